The Morgan fingerprint density at radius 3 is 1.13 bits per heavy atom. The molecule has 0 radical (unpaired) electrons. The van der Waals surface area contributed by atoms with Gasteiger partial charge in [0.15, 0.2) is 13.0 Å². The van der Waals surface area contributed by atoms with E-state index in [4.69, 9.17) is 15.0 Å². The largest absolute Gasteiger partial charge is 0.229 e. The lowest BCUT2D eigenvalue weighted by Crippen LogP contribution is -1.70. The van der Waals surface area contributed by atoms with Crippen LogP contribution in [0.2, 0.25) is 0 Å². The molecule has 0 amide bonds. The predicted octanol–water partition coefficient (Wildman–Crippen LogP) is 9.42. The topological polar surface area (TPSA) is 38.7 Å². The molecule has 0 bridgehead atoms. The number of rotatable bonds is 6. The molecule has 0 atom stereocenters. The van der Waals surface area contributed by atoms with Gasteiger partial charge < -0.3 is 0 Å². The van der Waals surface area contributed by atoms with Crippen molar-refractivity contribution in [1.82, 2.24) is 15.0 Å². The van der Waals surface area contributed by atoms with Crippen LogP contribution in [-0.2, 0) is 0 Å². The molecule has 0 unspecified atom stereocenters. The molecule has 0 aliphatic carbocycles. The number of benzene rings is 3. The van der Waals surface area contributed by atoms with Gasteiger partial charge in [-0.25, -0.2) is 15.0 Å². The van der Waals surface area contributed by atoms with Gasteiger partial charge in [-0.1, -0.05) is 36.4 Å². The first-order chi connectivity index (χ1) is 15.3. The molecule has 10 heteroatoms. The van der Waals surface area contributed by atoms with Crippen LogP contribution in [0.15, 0.2) is 85.8 Å². The maximum Gasteiger partial charge on any atom is 0.156 e. The third-order valence-electron chi connectivity index (χ3n) is 4.28. The fourth-order valence-corrected chi connectivity index (χ4v) is 19.4. The van der Waals surface area contributed by atoms with Crippen LogP contribution in [0.1, 0.15) is 0 Å². The van der Waals surface area contributed by atoms with Gasteiger partial charge in [-0.3, -0.25) is 0 Å². The molecule has 3 nitrogen and oxygen atoms in total. The zero-order valence-corrected chi connectivity index (χ0v) is 21.5. The first-order valence-electron chi connectivity index (χ1n) is 9.21. The van der Waals surface area contributed by atoms with E-state index >= 15 is 0 Å². The Morgan fingerprint density at radius 2 is 0.806 bits per heavy atom. The minimum absolute atomic E-state index is 0.606. The van der Waals surface area contributed by atoms with E-state index in [-0.39, 0.29) is 0 Å². The predicted molar refractivity (Wildman–Crippen MR) is 143 cm³/mol. The van der Waals surface area contributed by atoms with Crippen molar-refractivity contribution in [2.24, 2.45) is 0 Å². The van der Waals surface area contributed by atoms with Crippen LogP contribution < -0.4 is 0 Å². The molecule has 3 aromatic carbocycles. The SMILES string of the molecule is c1ccc2sc(SP(Sc3nc4ccccc4s3)Sc3nc4ccccc4s3)nc2c1. The minimum Gasteiger partial charge on any atom is -0.229 e. The standard InChI is InChI=1S/C21H12N3PS6/c1-4-10-16-13(7-1)22-19(26-16)29-25(30-20-23-14-8-2-5-11-17(14)27-20)31-21-24-15-9-3-6-12-18(15)28-21/h1-12H. The summed E-state index contributed by atoms with van der Waals surface area (Å²) in [5.41, 5.74) is 2.60. The number of thiazole rings is 3. The number of para-hydroxylation sites is 3. The molecule has 3 heterocycles. The van der Waals surface area contributed by atoms with Crippen LogP contribution in [0.4, 0.5) is 0 Å². The van der Waals surface area contributed by atoms with Crippen molar-refractivity contribution in [3.63, 3.8) is 0 Å². The Labute approximate surface area is 203 Å². The second kappa shape index (κ2) is 8.98. The van der Waals surface area contributed by atoms with Gasteiger partial charge in [-0.15, -0.1) is 34.0 Å². The zero-order valence-electron chi connectivity index (χ0n) is 15.7. The maximum absolute atomic E-state index is 4.86. The van der Waals surface area contributed by atoms with Crippen molar-refractivity contribution in [2.75, 3.05) is 0 Å². The lowest BCUT2D eigenvalue weighted by atomic mass is 10.3. The van der Waals surface area contributed by atoms with E-state index in [1.807, 2.05) is 52.3 Å². The molecule has 0 saturated heterocycles. The van der Waals surface area contributed by atoms with Crippen LogP contribution in [0.5, 0.6) is 0 Å². The van der Waals surface area contributed by atoms with Gasteiger partial charge in [-0.2, -0.15) is 0 Å². The number of fused-ring (bicyclic) bond motifs is 3. The molecule has 152 valence electrons. The fraction of sp³-hybridized carbons (Fsp3) is 0. The van der Waals surface area contributed by atoms with E-state index in [1.54, 1.807) is 34.0 Å². The highest BCUT2D eigenvalue weighted by atomic mass is 33.4. The van der Waals surface area contributed by atoms with Crippen molar-refractivity contribution in [1.29, 1.82) is 0 Å². The number of hydrogen-bond acceptors (Lipinski definition) is 9. The van der Waals surface area contributed by atoms with Gasteiger partial charge in [0.2, 0.25) is 0 Å². The quantitative estimate of drug-likeness (QED) is 0.200. The summed E-state index contributed by atoms with van der Waals surface area (Å²) in [7, 11) is 0. The molecule has 0 aliphatic heterocycles. The molecule has 6 rings (SSSR count). The summed E-state index contributed by atoms with van der Waals surface area (Å²) < 4.78 is 7.01. The van der Waals surface area contributed by atoms with Gasteiger partial charge in [0.1, 0.15) is 0 Å². The summed E-state index contributed by atoms with van der Waals surface area (Å²) in [4.78, 5) is 14.6. The van der Waals surface area contributed by atoms with Crippen molar-refractivity contribution in [2.45, 2.75) is 13.0 Å². The first-order valence-corrected chi connectivity index (χ1v) is 17.3. The Kier molecular flexibility index (Phi) is 5.92. The highest BCUT2D eigenvalue weighted by Crippen LogP contribution is 2.76. The summed E-state index contributed by atoms with van der Waals surface area (Å²) in [5.74, 6) is 0. The van der Waals surface area contributed by atoms with E-state index in [0.717, 1.165) is 29.6 Å². The van der Waals surface area contributed by atoms with E-state index in [1.165, 1.54) is 14.1 Å². The molecule has 6 aromatic rings. The van der Waals surface area contributed by atoms with E-state index in [9.17, 15) is 0 Å². The maximum atomic E-state index is 4.86. The van der Waals surface area contributed by atoms with Gasteiger partial charge in [0, 0.05) is 0 Å². The molecular weight excluding hydrogens is 518 g/mol. The molecule has 31 heavy (non-hydrogen) atoms. The average Bonchev–Trinajstić information content (AvgIpc) is 3.48. The van der Waals surface area contributed by atoms with Crippen LogP contribution >= 0.6 is 73.7 Å². The zero-order chi connectivity index (χ0) is 20.6. The van der Waals surface area contributed by atoms with Crippen LogP contribution in [-0.4, -0.2) is 15.0 Å². The number of aromatic nitrogens is 3. The Bertz CT molecular complexity index is 1230. The number of nitrogens with zero attached hydrogens (tertiary/aromatic N) is 3. The number of hydrogen-bond donors (Lipinski definition) is 0. The van der Waals surface area contributed by atoms with Crippen LogP contribution in [0.25, 0.3) is 30.6 Å². The summed E-state index contributed by atoms with van der Waals surface area (Å²) in [5, 5.41) is 0. The Balaban J connectivity index is 1.32. The van der Waals surface area contributed by atoms with Gasteiger partial charge in [0.05, 0.1) is 36.2 Å². The summed E-state index contributed by atoms with van der Waals surface area (Å²) in [6.45, 7) is 0. The molecule has 0 saturated carbocycles. The summed E-state index contributed by atoms with van der Waals surface area (Å²) in [6, 6.07) is 25.0. The van der Waals surface area contributed by atoms with Gasteiger partial charge in [0.25, 0.3) is 0 Å². The second-order valence-corrected chi connectivity index (χ2v) is 19.4. The fourth-order valence-electron chi connectivity index (χ4n) is 2.92. The molecule has 0 N–H and O–H groups in total. The normalized spacial score (nSPS) is 11.9. The van der Waals surface area contributed by atoms with Crippen LogP contribution in [0.3, 0.4) is 0 Å². The van der Waals surface area contributed by atoms with E-state index < -0.39 is 5.53 Å². The lowest BCUT2D eigenvalue weighted by Gasteiger charge is -2.10. The van der Waals surface area contributed by atoms with Gasteiger partial charge in [-0.05, 0) is 70.5 Å². The van der Waals surface area contributed by atoms with E-state index in [2.05, 4.69) is 54.6 Å². The molecular formula is C21H12N3PS6. The minimum atomic E-state index is -0.606. The molecule has 3 aromatic heterocycles. The van der Waals surface area contributed by atoms with Gasteiger partial charge >= 0.3 is 0 Å². The monoisotopic (exact) mass is 529 g/mol. The van der Waals surface area contributed by atoms with E-state index in [0.29, 0.717) is 0 Å². The second-order valence-electron chi connectivity index (χ2n) is 6.34. The van der Waals surface area contributed by atoms with Crippen molar-refractivity contribution in [3.05, 3.63) is 72.8 Å². The average molecular weight is 530 g/mol. The molecule has 0 aliphatic rings. The summed E-state index contributed by atoms with van der Waals surface area (Å²) >= 11 is 10.9. The van der Waals surface area contributed by atoms with Crippen molar-refractivity contribution < 1.29 is 0 Å². The van der Waals surface area contributed by atoms with Crippen molar-refractivity contribution >= 4 is 104 Å². The van der Waals surface area contributed by atoms with Crippen LogP contribution in [0, 0.1) is 0 Å². The third kappa shape index (κ3) is 4.50. The molecule has 0 fully saturated rings. The third-order valence-corrected chi connectivity index (χ3v) is 17.5. The Hall–Kier alpha value is -1.19. The molecule has 0 spiro atoms. The lowest BCUT2D eigenvalue weighted by molar-refractivity contribution is 1.31. The highest BCUT2D eigenvalue weighted by Gasteiger charge is 2.21. The first kappa shape index (κ1) is 20.4. The highest BCUT2D eigenvalue weighted by molar-refractivity contribution is 9.12. The Morgan fingerprint density at radius 1 is 0.484 bits per heavy atom. The van der Waals surface area contributed by atoms with Crippen molar-refractivity contribution in [3.8, 4) is 0 Å². The smallest absolute Gasteiger partial charge is 0.156 e. The summed E-state index contributed by atoms with van der Waals surface area (Å²) in [6.07, 6.45) is 0.